The second-order valence-corrected chi connectivity index (χ2v) is 6.76. The molecule has 1 saturated carbocycles. The van der Waals surface area contributed by atoms with Crippen molar-refractivity contribution in [1.29, 1.82) is 0 Å². The third-order valence-corrected chi connectivity index (χ3v) is 4.92. The van der Waals surface area contributed by atoms with Crippen molar-refractivity contribution in [3.8, 4) is 5.75 Å². The van der Waals surface area contributed by atoms with Gasteiger partial charge in [0, 0.05) is 24.9 Å². The Hall–Kier alpha value is -2.04. The van der Waals surface area contributed by atoms with Crippen LogP contribution < -0.4 is 15.4 Å². The molecule has 2 rings (SSSR count). The van der Waals surface area contributed by atoms with E-state index >= 15 is 0 Å². The molecule has 1 aromatic carbocycles. The van der Waals surface area contributed by atoms with E-state index in [0.29, 0.717) is 6.54 Å². The van der Waals surface area contributed by atoms with Crippen LogP contribution in [0.3, 0.4) is 0 Å². The lowest BCUT2D eigenvalue weighted by Crippen LogP contribution is -2.37. The number of hydrogen-bond donors (Lipinski definition) is 2. The number of carbonyl (C=O) groups excluding carboxylic acids is 2. The van der Waals surface area contributed by atoms with Crippen molar-refractivity contribution in [2.24, 2.45) is 11.8 Å². The first-order valence-corrected chi connectivity index (χ1v) is 9.32. The van der Waals surface area contributed by atoms with Gasteiger partial charge in [0.1, 0.15) is 5.75 Å². The maximum Gasteiger partial charge on any atom is 0.223 e. The molecule has 2 amide bonds. The molecule has 0 spiro atoms. The second-order valence-electron chi connectivity index (χ2n) is 6.76. The monoisotopic (exact) mass is 346 g/mol. The maximum atomic E-state index is 12.3. The normalized spacial score (nSPS) is 19.9. The Morgan fingerprint density at radius 3 is 2.08 bits per heavy atom. The fourth-order valence-corrected chi connectivity index (χ4v) is 3.23. The van der Waals surface area contributed by atoms with Crippen LogP contribution in [0.1, 0.15) is 51.0 Å². The Kier molecular flexibility index (Phi) is 7.76. The Morgan fingerprint density at radius 1 is 1.00 bits per heavy atom. The number of unbranched alkanes of at least 4 members (excludes halogenated alkanes) is 1. The number of carbonyl (C=O) groups is 2. The highest BCUT2D eigenvalue weighted by Crippen LogP contribution is 2.29. The Morgan fingerprint density at radius 2 is 1.56 bits per heavy atom. The summed E-state index contributed by atoms with van der Waals surface area (Å²) >= 11 is 0. The summed E-state index contributed by atoms with van der Waals surface area (Å²) in [6, 6.07) is 7.70. The van der Waals surface area contributed by atoms with E-state index in [-0.39, 0.29) is 23.7 Å². The quantitative estimate of drug-likeness (QED) is 0.711. The summed E-state index contributed by atoms with van der Waals surface area (Å²) in [7, 11) is 1.64. The fourth-order valence-electron chi connectivity index (χ4n) is 3.23. The Bertz CT molecular complexity index is 549. The molecule has 0 radical (unpaired) electrons. The summed E-state index contributed by atoms with van der Waals surface area (Å²) in [6.45, 7) is 3.40. The van der Waals surface area contributed by atoms with E-state index < -0.39 is 0 Å². The van der Waals surface area contributed by atoms with Crippen LogP contribution in [0.4, 0.5) is 0 Å². The average Bonchev–Trinajstić information content (AvgIpc) is 2.66. The lowest BCUT2D eigenvalue weighted by atomic mass is 9.81. The van der Waals surface area contributed by atoms with Gasteiger partial charge in [-0.05, 0) is 49.8 Å². The lowest BCUT2D eigenvalue weighted by molar-refractivity contribution is -0.130. The summed E-state index contributed by atoms with van der Waals surface area (Å²) in [5.41, 5.74) is 1.05. The molecule has 0 heterocycles. The number of benzene rings is 1. The molecule has 0 bridgehead atoms. The van der Waals surface area contributed by atoms with Crippen molar-refractivity contribution in [3.05, 3.63) is 29.8 Å². The van der Waals surface area contributed by atoms with Gasteiger partial charge in [-0.3, -0.25) is 9.59 Å². The van der Waals surface area contributed by atoms with Gasteiger partial charge in [0.15, 0.2) is 0 Å². The highest BCUT2D eigenvalue weighted by Gasteiger charge is 2.29. The summed E-state index contributed by atoms with van der Waals surface area (Å²) in [5.74, 6) is 1.16. The molecule has 5 nitrogen and oxygen atoms in total. The molecular weight excluding hydrogens is 316 g/mol. The van der Waals surface area contributed by atoms with Gasteiger partial charge in [0.25, 0.3) is 0 Å². The number of rotatable bonds is 8. The summed E-state index contributed by atoms with van der Waals surface area (Å²) < 4.78 is 5.13. The lowest BCUT2D eigenvalue weighted by Gasteiger charge is -2.27. The molecule has 0 saturated heterocycles. The number of nitrogens with one attached hydrogen (secondary N) is 2. The average molecular weight is 346 g/mol. The van der Waals surface area contributed by atoms with Crippen LogP contribution in [-0.2, 0) is 16.1 Å². The fraction of sp³-hybridized carbons (Fsp3) is 0.600. The number of ether oxygens (including phenoxy) is 1. The van der Waals surface area contributed by atoms with E-state index in [1.807, 2.05) is 24.3 Å². The molecule has 1 aromatic rings. The van der Waals surface area contributed by atoms with Gasteiger partial charge in [-0.25, -0.2) is 0 Å². The molecule has 25 heavy (non-hydrogen) atoms. The molecule has 0 aliphatic heterocycles. The first-order chi connectivity index (χ1) is 12.1. The van der Waals surface area contributed by atoms with E-state index in [9.17, 15) is 9.59 Å². The van der Waals surface area contributed by atoms with Gasteiger partial charge >= 0.3 is 0 Å². The molecule has 138 valence electrons. The molecule has 2 N–H and O–H groups in total. The van der Waals surface area contributed by atoms with Crippen LogP contribution in [0.5, 0.6) is 5.75 Å². The van der Waals surface area contributed by atoms with Crippen LogP contribution >= 0.6 is 0 Å². The van der Waals surface area contributed by atoms with Crippen LogP contribution in [0, 0.1) is 11.8 Å². The number of amides is 2. The highest BCUT2D eigenvalue weighted by atomic mass is 16.5. The maximum absolute atomic E-state index is 12.3. The van der Waals surface area contributed by atoms with Crippen LogP contribution in [-0.4, -0.2) is 25.5 Å². The third-order valence-electron chi connectivity index (χ3n) is 4.92. The van der Waals surface area contributed by atoms with Gasteiger partial charge < -0.3 is 15.4 Å². The van der Waals surface area contributed by atoms with Crippen molar-refractivity contribution in [2.45, 2.75) is 52.0 Å². The molecular formula is C20H30N2O3. The van der Waals surface area contributed by atoms with Crippen molar-refractivity contribution in [3.63, 3.8) is 0 Å². The van der Waals surface area contributed by atoms with Crippen molar-refractivity contribution < 1.29 is 14.3 Å². The van der Waals surface area contributed by atoms with E-state index in [1.165, 1.54) is 0 Å². The standard InChI is InChI=1S/C20H30N2O3/c1-3-4-13-21-19(23)16-7-9-17(10-8-16)20(24)22-14-15-5-11-18(25-2)12-6-15/h5-6,11-12,16-17H,3-4,7-10,13-14H2,1-2H3,(H,21,23)(H,22,24). The minimum absolute atomic E-state index is 0.0259. The largest absolute Gasteiger partial charge is 0.497 e. The molecule has 0 aromatic heterocycles. The van der Waals surface area contributed by atoms with Crippen molar-refractivity contribution >= 4 is 11.8 Å². The van der Waals surface area contributed by atoms with Gasteiger partial charge in [0.05, 0.1) is 7.11 Å². The van der Waals surface area contributed by atoms with Crippen LogP contribution in [0.15, 0.2) is 24.3 Å². The van der Waals surface area contributed by atoms with E-state index in [1.54, 1.807) is 7.11 Å². The first-order valence-electron chi connectivity index (χ1n) is 9.32. The zero-order valence-corrected chi connectivity index (χ0v) is 15.3. The van der Waals surface area contributed by atoms with Gasteiger partial charge in [-0.15, -0.1) is 0 Å². The van der Waals surface area contributed by atoms with Gasteiger partial charge in [-0.1, -0.05) is 25.5 Å². The van der Waals surface area contributed by atoms with Crippen LogP contribution in [0.2, 0.25) is 0 Å². The Labute approximate surface area is 150 Å². The third kappa shape index (κ3) is 6.07. The molecule has 5 heteroatoms. The molecule has 0 unspecified atom stereocenters. The van der Waals surface area contributed by atoms with E-state index in [2.05, 4.69) is 17.6 Å². The molecule has 1 aliphatic carbocycles. The van der Waals surface area contributed by atoms with Crippen LogP contribution in [0.25, 0.3) is 0 Å². The zero-order chi connectivity index (χ0) is 18.1. The van der Waals surface area contributed by atoms with E-state index in [0.717, 1.165) is 56.4 Å². The SMILES string of the molecule is CCCCNC(=O)C1CCC(C(=O)NCc2ccc(OC)cc2)CC1. The van der Waals surface area contributed by atoms with Crippen molar-refractivity contribution in [1.82, 2.24) is 10.6 Å². The summed E-state index contributed by atoms with van der Waals surface area (Å²) in [5, 5.41) is 6.02. The second kappa shape index (κ2) is 10.1. The molecule has 1 fully saturated rings. The summed E-state index contributed by atoms with van der Waals surface area (Å²) in [4.78, 5) is 24.4. The predicted molar refractivity (Wildman–Crippen MR) is 98.2 cm³/mol. The minimum atomic E-state index is 0.0259. The smallest absolute Gasteiger partial charge is 0.223 e. The van der Waals surface area contributed by atoms with E-state index in [4.69, 9.17) is 4.74 Å². The molecule has 1 aliphatic rings. The molecule has 0 atom stereocenters. The van der Waals surface area contributed by atoms with Gasteiger partial charge in [0.2, 0.25) is 11.8 Å². The first kappa shape index (κ1) is 19.3. The topological polar surface area (TPSA) is 67.4 Å². The summed E-state index contributed by atoms with van der Waals surface area (Å²) in [6.07, 6.45) is 5.30. The number of methoxy groups -OCH3 is 1. The minimum Gasteiger partial charge on any atom is -0.497 e. The Balaban J connectivity index is 1.70. The predicted octanol–water partition coefficient (Wildman–Crippen LogP) is 3.03. The van der Waals surface area contributed by atoms with Crippen molar-refractivity contribution in [2.75, 3.05) is 13.7 Å². The number of hydrogen-bond acceptors (Lipinski definition) is 3. The highest BCUT2D eigenvalue weighted by molar-refractivity contribution is 5.81. The van der Waals surface area contributed by atoms with Gasteiger partial charge in [-0.2, -0.15) is 0 Å². The zero-order valence-electron chi connectivity index (χ0n) is 15.3.